The second-order valence-corrected chi connectivity index (χ2v) is 8.47. The van der Waals surface area contributed by atoms with Crippen LogP contribution < -0.4 is 10.6 Å². The Balaban J connectivity index is 1.44. The Labute approximate surface area is 182 Å². The first-order chi connectivity index (χ1) is 15.0. The minimum Gasteiger partial charge on any atom is -0.467 e. The first-order valence-electron chi connectivity index (χ1n) is 11.0. The van der Waals surface area contributed by atoms with Crippen molar-refractivity contribution in [3.63, 3.8) is 0 Å². The van der Waals surface area contributed by atoms with Gasteiger partial charge in [0.25, 0.3) is 5.91 Å². The van der Waals surface area contributed by atoms with Crippen LogP contribution in [0.15, 0.2) is 53.1 Å². The zero-order chi connectivity index (χ0) is 21.8. The molecular formula is C24H29N3O4. The van der Waals surface area contributed by atoms with E-state index in [4.69, 9.17) is 4.42 Å². The van der Waals surface area contributed by atoms with Gasteiger partial charge in [0.1, 0.15) is 17.8 Å². The molecule has 4 rings (SSSR count). The molecule has 1 aromatic carbocycles. The topological polar surface area (TPSA) is 91.7 Å². The molecule has 4 unspecified atom stereocenters. The standard InChI is InChI=1S/C24H29N3O4/c1-16(22(28)25-15-19-11-7-13-31-19)26-23(29)21-14-18-10-5-6-12-20(18)27(21)24(30)17-8-3-2-4-9-17/h2-4,7-9,11,13,16,18,20-21H,5-6,10,12,14-15H2,1H3,(H,25,28)(H,26,29). The van der Waals surface area contributed by atoms with Crippen molar-refractivity contribution in [3.05, 3.63) is 60.1 Å². The maximum absolute atomic E-state index is 13.3. The fourth-order valence-corrected chi connectivity index (χ4v) is 4.83. The molecule has 0 bridgehead atoms. The van der Waals surface area contributed by atoms with Gasteiger partial charge < -0.3 is 20.0 Å². The zero-order valence-electron chi connectivity index (χ0n) is 17.8. The lowest BCUT2D eigenvalue weighted by Gasteiger charge is -2.34. The fraction of sp³-hybridized carbons (Fsp3) is 0.458. The number of nitrogens with one attached hydrogen (secondary N) is 2. The molecule has 7 heteroatoms. The second-order valence-electron chi connectivity index (χ2n) is 8.47. The van der Waals surface area contributed by atoms with Crippen LogP contribution in [0.3, 0.4) is 0 Å². The molecule has 4 atom stereocenters. The SMILES string of the molecule is CC(NC(=O)C1CC2CCCCC2N1C(=O)c1ccccc1)C(=O)NCc1ccco1. The van der Waals surface area contributed by atoms with E-state index in [0.717, 1.165) is 25.7 Å². The number of likely N-dealkylation sites (tertiary alicyclic amines) is 1. The maximum atomic E-state index is 13.3. The average molecular weight is 424 g/mol. The molecule has 2 fully saturated rings. The van der Waals surface area contributed by atoms with E-state index in [1.165, 1.54) is 0 Å². The largest absolute Gasteiger partial charge is 0.467 e. The molecule has 7 nitrogen and oxygen atoms in total. The third-order valence-corrected chi connectivity index (χ3v) is 6.41. The number of rotatable bonds is 6. The Hall–Kier alpha value is -3.09. The number of furan rings is 1. The Kier molecular flexibility index (Phi) is 6.39. The van der Waals surface area contributed by atoms with Gasteiger partial charge in [-0.2, -0.15) is 0 Å². The Morgan fingerprint density at radius 3 is 2.61 bits per heavy atom. The van der Waals surface area contributed by atoms with E-state index in [1.807, 2.05) is 18.2 Å². The summed E-state index contributed by atoms with van der Waals surface area (Å²) in [4.78, 5) is 40.7. The number of carbonyl (C=O) groups is 3. The van der Waals surface area contributed by atoms with Crippen LogP contribution in [0.1, 0.15) is 55.1 Å². The van der Waals surface area contributed by atoms with Gasteiger partial charge in [-0.15, -0.1) is 0 Å². The molecule has 31 heavy (non-hydrogen) atoms. The van der Waals surface area contributed by atoms with Gasteiger partial charge in [0, 0.05) is 11.6 Å². The fourth-order valence-electron chi connectivity index (χ4n) is 4.83. The van der Waals surface area contributed by atoms with E-state index >= 15 is 0 Å². The molecule has 1 saturated heterocycles. The lowest BCUT2D eigenvalue weighted by Crippen LogP contribution is -2.53. The summed E-state index contributed by atoms with van der Waals surface area (Å²) in [6.45, 7) is 1.92. The highest BCUT2D eigenvalue weighted by Gasteiger charge is 2.47. The van der Waals surface area contributed by atoms with E-state index in [0.29, 0.717) is 23.7 Å². The zero-order valence-corrected chi connectivity index (χ0v) is 17.8. The molecule has 1 aliphatic carbocycles. The normalized spacial score (nSPS) is 23.6. The van der Waals surface area contributed by atoms with Crippen molar-refractivity contribution >= 4 is 17.7 Å². The van der Waals surface area contributed by atoms with Gasteiger partial charge in [0.05, 0.1) is 12.8 Å². The lowest BCUT2D eigenvalue weighted by molar-refractivity contribution is -0.130. The molecular weight excluding hydrogens is 394 g/mol. The predicted molar refractivity (Wildman–Crippen MR) is 115 cm³/mol. The Bertz CT molecular complexity index is 912. The summed E-state index contributed by atoms with van der Waals surface area (Å²) in [6, 6.07) is 11.5. The van der Waals surface area contributed by atoms with E-state index in [1.54, 1.807) is 42.4 Å². The second kappa shape index (κ2) is 9.37. The molecule has 164 valence electrons. The summed E-state index contributed by atoms with van der Waals surface area (Å²) in [5, 5.41) is 5.58. The van der Waals surface area contributed by atoms with Crippen molar-refractivity contribution in [2.45, 2.75) is 63.7 Å². The van der Waals surface area contributed by atoms with Gasteiger partial charge in [-0.25, -0.2) is 0 Å². The molecule has 1 saturated carbocycles. The predicted octanol–water partition coefficient (Wildman–Crippen LogP) is 2.87. The monoisotopic (exact) mass is 423 g/mol. The smallest absolute Gasteiger partial charge is 0.254 e. The van der Waals surface area contributed by atoms with Crippen LogP contribution in [0, 0.1) is 5.92 Å². The molecule has 1 aromatic heterocycles. The summed E-state index contributed by atoms with van der Waals surface area (Å²) >= 11 is 0. The number of nitrogens with zero attached hydrogens (tertiary/aromatic N) is 1. The number of fused-ring (bicyclic) bond motifs is 1. The molecule has 2 aromatic rings. The Morgan fingerprint density at radius 1 is 1.10 bits per heavy atom. The van der Waals surface area contributed by atoms with Gasteiger partial charge in [0.15, 0.2) is 0 Å². The first kappa shape index (κ1) is 21.2. The molecule has 2 heterocycles. The number of benzene rings is 1. The van der Waals surface area contributed by atoms with Crippen LogP contribution >= 0.6 is 0 Å². The van der Waals surface area contributed by atoms with Gasteiger partial charge in [-0.05, 0) is 56.4 Å². The van der Waals surface area contributed by atoms with Gasteiger partial charge in [0.2, 0.25) is 11.8 Å². The van der Waals surface area contributed by atoms with Gasteiger partial charge in [-0.3, -0.25) is 14.4 Å². The van der Waals surface area contributed by atoms with Crippen LogP contribution in [-0.2, 0) is 16.1 Å². The maximum Gasteiger partial charge on any atom is 0.254 e. The van der Waals surface area contributed by atoms with Crippen LogP contribution in [0.25, 0.3) is 0 Å². The van der Waals surface area contributed by atoms with E-state index in [2.05, 4.69) is 10.6 Å². The summed E-state index contributed by atoms with van der Waals surface area (Å²) < 4.78 is 5.22. The lowest BCUT2D eigenvalue weighted by atomic mass is 9.84. The summed E-state index contributed by atoms with van der Waals surface area (Å²) in [7, 11) is 0. The van der Waals surface area contributed by atoms with Crippen molar-refractivity contribution in [2.24, 2.45) is 5.92 Å². The van der Waals surface area contributed by atoms with Crippen molar-refractivity contribution < 1.29 is 18.8 Å². The summed E-state index contributed by atoms with van der Waals surface area (Å²) in [5.41, 5.74) is 0.593. The molecule has 1 aliphatic heterocycles. The van der Waals surface area contributed by atoms with Crippen LogP contribution in [0.5, 0.6) is 0 Å². The van der Waals surface area contributed by atoms with Crippen LogP contribution in [0.2, 0.25) is 0 Å². The molecule has 3 amide bonds. The minimum absolute atomic E-state index is 0.0836. The highest BCUT2D eigenvalue weighted by molar-refractivity contribution is 5.99. The average Bonchev–Trinajstić information content (AvgIpc) is 3.45. The quantitative estimate of drug-likeness (QED) is 0.747. The summed E-state index contributed by atoms with van der Waals surface area (Å²) in [5.74, 6) is 0.317. The highest BCUT2D eigenvalue weighted by atomic mass is 16.3. The third-order valence-electron chi connectivity index (χ3n) is 6.41. The number of hydrogen-bond acceptors (Lipinski definition) is 4. The highest BCUT2D eigenvalue weighted by Crippen LogP contribution is 2.40. The number of amides is 3. The van der Waals surface area contributed by atoms with Crippen LogP contribution in [-0.4, -0.2) is 40.7 Å². The first-order valence-corrected chi connectivity index (χ1v) is 11.0. The number of carbonyl (C=O) groups excluding carboxylic acids is 3. The van der Waals surface area contributed by atoms with Crippen molar-refractivity contribution in [1.82, 2.24) is 15.5 Å². The molecule has 2 N–H and O–H groups in total. The summed E-state index contributed by atoms with van der Waals surface area (Å²) in [6.07, 6.45) is 6.35. The molecule has 2 aliphatic rings. The van der Waals surface area contributed by atoms with E-state index < -0.39 is 12.1 Å². The Morgan fingerprint density at radius 2 is 1.87 bits per heavy atom. The van der Waals surface area contributed by atoms with Crippen molar-refractivity contribution in [2.75, 3.05) is 0 Å². The van der Waals surface area contributed by atoms with Crippen molar-refractivity contribution in [3.8, 4) is 0 Å². The number of hydrogen-bond donors (Lipinski definition) is 2. The van der Waals surface area contributed by atoms with Crippen molar-refractivity contribution in [1.29, 1.82) is 0 Å². The van der Waals surface area contributed by atoms with Gasteiger partial charge in [-0.1, -0.05) is 31.0 Å². The molecule has 0 spiro atoms. The van der Waals surface area contributed by atoms with E-state index in [-0.39, 0.29) is 30.3 Å². The minimum atomic E-state index is -0.709. The molecule has 0 radical (unpaired) electrons. The van der Waals surface area contributed by atoms with E-state index in [9.17, 15) is 14.4 Å². The van der Waals surface area contributed by atoms with Gasteiger partial charge >= 0.3 is 0 Å². The third kappa shape index (κ3) is 4.65. The van der Waals surface area contributed by atoms with Crippen LogP contribution in [0.4, 0.5) is 0 Å².